The van der Waals surface area contributed by atoms with E-state index < -0.39 is 0 Å². The number of carbonyl (C=O) groups excluding carboxylic acids is 2. The van der Waals surface area contributed by atoms with E-state index >= 15 is 0 Å². The third kappa shape index (κ3) is 1.84. The summed E-state index contributed by atoms with van der Waals surface area (Å²) in [7, 11) is 0. The topological polar surface area (TPSA) is 63.4 Å². The second-order valence-electron chi connectivity index (χ2n) is 3.83. The molecule has 1 aromatic carbocycles. The Hall–Kier alpha value is -1.68. The summed E-state index contributed by atoms with van der Waals surface area (Å²) in [6, 6.07) is 7.24. The molecule has 16 heavy (non-hydrogen) atoms. The zero-order chi connectivity index (χ0) is 11.5. The van der Waals surface area contributed by atoms with E-state index in [0.717, 1.165) is 5.56 Å². The molecule has 2 amide bonds. The number of nitrogens with two attached hydrogens (primary N) is 1. The zero-order valence-corrected chi connectivity index (χ0v) is 8.98. The fourth-order valence-corrected chi connectivity index (χ4v) is 1.88. The minimum atomic E-state index is -0.194. The zero-order valence-electron chi connectivity index (χ0n) is 8.98. The minimum absolute atomic E-state index is 0.128. The van der Waals surface area contributed by atoms with E-state index in [-0.39, 0.29) is 11.8 Å². The summed E-state index contributed by atoms with van der Waals surface area (Å²) < 4.78 is 0. The highest BCUT2D eigenvalue weighted by Crippen LogP contribution is 2.19. The first kappa shape index (κ1) is 10.8. The van der Waals surface area contributed by atoms with Crippen molar-refractivity contribution in [2.45, 2.75) is 12.8 Å². The van der Waals surface area contributed by atoms with Crippen LogP contribution >= 0.6 is 0 Å². The lowest BCUT2D eigenvalue weighted by Crippen LogP contribution is -2.43. The highest BCUT2D eigenvalue weighted by molar-refractivity contribution is 6.09. The Labute approximate surface area is 94.0 Å². The van der Waals surface area contributed by atoms with Gasteiger partial charge in [0.1, 0.15) is 0 Å². The maximum Gasteiger partial charge on any atom is 0.260 e. The molecule has 0 saturated carbocycles. The van der Waals surface area contributed by atoms with Crippen molar-refractivity contribution in [3.05, 3.63) is 35.4 Å². The van der Waals surface area contributed by atoms with Gasteiger partial charge in [-0.05, 0) is 24.6 Å². The fourth-order valence-electron chi connectivity index (χ4n) is 1.88. The number of hydrogen-bond acceptors (Lipinski definition) is 3. The molecule has 4 nitrogen and oxygen atoms in total. The lowest BCUT2D eigenvalue weighted by atomic mass is 9.98. The quantitative estimate of drug-likeness (QED) is 0.754. The standard InChI is InChI=1S/C12H14N2O2/c13-6-3-7-14-11(15)8-9-4-1-2-5-10(9)12(14)16/h1-2,4-5H,3,6-8,13H2. The molecule has 0 fully saturated rings. The van der Waals surface area contributed by atoms with Crippen molar-refractivity contribution in [2.75, 3.05) is 13.1 Å². The fraction of sp³-hybridized carbons (Fsp3) is 0.333. The van der Waals surface area contributed by atoms with Gasteiger partial charge in [0, 0.05) is 12.1 Å². The molecule has 2 rings (SSSR count). The maximum absolute atomic E-state index is 12.0. The molecule has 1 aliphatic heterocycles. The summed E-state index contributed by atoms with van der Waals surface area (Å²) in [5.41, 5.74) is 6.84. The molecule has 0 unspecified atom stereocenters. The predicted octanol–water partition coefficient (Wildman–Crippen LogP) is 0.560. The maximum atomic E-state index is 12.0. The summed E-state index contributed by atoms with van der Waals surface area (Å²) in [5.74, 6) is -0.322. The number of nitrogens with zero attached hydrogens (tertiary/aromatic N) is 1. The molecule has 0 atom stereocenters. The van der Waals surface area contributed by atoms with Crippen molar-refractivity contribution >= 4 is 11.8 Å². The molecule has 1 aliphatic rings. The number of amides is 2. The van der Waals surface area contributed by atoms with Gasteiger partial charge in [0.15, 0.2) is 0 Å². The molecule has 0 bridgehead atoms. The minimum Gasteiger partial charge on any atom is -0.330 e. The Morgan fingerprint density at radius 3 is 2.75 bits per heavy atom. The Morgan fingerprint density at radius 2 is 2.00 bits per heavy atom. The van der Waals surface area contributed by atoms with Gasteiger partial charge in [-0.2, -0.15) is 0 Å². The van der Waals surface area contributed by atoms with Crippen molar-refractivity contribution in [1.29, 1.82) is 0 Å². The Kier molecular flexibility index (Phi) is 3.01. The molecule has 2 N–H and O–H groups in total. The number of benzene rings is 1. The predicted molar refractivity (Wildman–Crippen MR) is 59.9 cm³/mol. The van der Waals surface area contributed by atoms with Crippen LogP contribution in [0.15, 0.2) is 24.3 Å². The number of imide groups is 1. The largest absolute Gasteiger partial charge is 0.330 e. The van der Waals surface area contributed by atoms with Crippen LogP contribution in [0.1, 0.15) is 22.3 Å². The van der Waals surface area contributed by atoms with Crippen LogP contribution in [0.3, 0.4) is 0 Å². The summed E-state index contributed by atoms with van der Waals surface area (Å²) in [4.78, 5) is 25.0. The van der Waals surface area contributed by atoms with Crippen LogP contribution in [0.5, 0.6) is 0 Å². The van der Waals surface area contributed by atoms with Crippen molar-refractivity contribution in [3.63, 3.8) is 0 Å². The van der Waals surface area contributed by atoms with E-state index in [1.807, 2.05) is 18.2 Å². The third-order valence-corrected chi connectivity index (χ3v) is 2.72. The third-order valence-electron chi connectivity index (χ3n) is 2.72. The highest BCUT2D eigenvalue weighted by atomic mass is 16.2. The van der Waals surface area contributed by atoms with Crippen LogP contribution in [0.2, 0.25) is 0 Å². The average Bonchev–Trinajstić information content (AvgIpc) is 2.29. The lowest BCUT2D eigenvalue weighted by molar-refractivity contribution is -0.128. The summed E-state index contributed by atoms with van der Waals surface area (Å²) in [6.07, 6.45) is 0.964. The van der Waals surface area contributed by atoms with E-state index in [4.69, 9.17) is 5.73 Å². The number of carbonyl (C=O) groups is 2. The summed E-state index contributed by atoms with van der Waals surface area (Å²) in [6.45, 7) is 0.904. The van der Waals surface area contributed by atoms with Gasteiger partial charge in [0.25, 0.3) is 5.91 Å². The van der Waals surface area contributed by atoms with Crippen molar-refractivity contribution in [2.24, 2.45) is 5.73 Å². The average molecular weight is 218 g/mol. The first-order chi connectivity index (χ1) is 7.74. The smallest absolute Gasteiger partial charge is 0.260 e. The molecule has 1 heterocycles. The van der Waals surface area contributed by atoms with Crippen molar-refractivity contribution in [3.8, 4) is 0 Å². The second-order valence-corrected chi connectivity index (χ2v) is 3.83. The van der Waals surface area contributed by atoms with Crippen LogP contribution in [0.25, 0.3) is 0 Å². The molecule has 0 aliphatic carbocycles. The highest BCUT2D eigenvalue weighted by Gasteiger charge is 2.29. The summed E-state index contributed by atoms with van der Waals surface area (Å²) >= 11 is 0. The van der Waals surface area contributed by atoms with E-state index in [0.29, 0.717) is 31.5 Å². The van der Waals surface area contributed by atoms with Crippen LogP contribution in [-0.2, 0) is 11.2 Å². The van der Waals surface area contributed by atoms with Gasteiger partial charge < -0.3 is 5.73 Å². The first-order valence-corrected chi connectivity index (χ1v) is 5.36. The summed E-state index contributed by atoms with van der Waals surface area (Å²) in [5, 5.41) is 0. The number of hydrogen-bond donors (Lipinski definition) is 1. The van der Waals surface area contributed by atoms with Crippen LogP contribution in [-0.4, -0.2) is 29.8 Å². The lowest BCUT2D eigenvalue weighted by Gasteiger charge is -2.26. The molecule has 0 spiro atoms. The van der Waals surface area contributed by atoms with Gasteiger partial charge >= 0.3 is 0 Å². The first-order valence-electron chi connectivity index (χ1n) is 5.36. The molecular formula is C12H14N2O2. The number of rotatable bonds is 3. The van der Waals surface area contributed by atoms with Crippen molar-refractivity contribution < 1.29 is 9.59 Å². The van der Waals surface area contributed by atoms with Gasteiger partial charge in [-0.3, -0.25) is 14.5 Å². The Morgan fingerprint density at radius 1 is 1.25 bits per heavy atom. The normalized spacial score (nSPS) is 15.2. The second kappa shape index (κ2) is 4.45. The van der Waals surface area contributed by atoms with Gasteiger partial charge in [0.05, 0.1) is 6.42 Å². The van der Waals surface area contributed by atoms with E-state index in [9.17, 15) is 9.59 Å². The number of fused-ring (bicyclic) bond motifs is 1. The van der Waals surface area contributed by atoms with Gasteiger partial charge in [-0.1, -0.05) is 18.2 Å². The van der Waals surface area contributed by atoms with Crippen LogP contribution in [0, 0.1) is 0 Å². The molecule has 0 aromatic heterocycles. The molecule has 84 valence electrons. The van der Waals surface area contributed by atoms with Crippen LogP contribution in [0.4, 0.5) is 0 Å². The van der Waals surface area contributed by atoms with Gasteiger partial charge in [-0.25, -0.2) is 0 Å². The van der Waals surface area contributed by atoms with E-state index in [1.165, 1.54) is 4.90 Å². The molecule has 4 heteroatoms. The molecule has 0 radical (unpaired) electrons. The molecule has 1 aromatic rings. The Balaban J connectivity index is 2.27. The van der Waals surface area contributed by atoms with Crippen LogP contribution < -0.4 is 5.73 Å². The molecular weight excluding hydrogens is 204 g/mol. The van der Waals surface area contributed by atoms with Gasteiger partial charge in [-0.15, -0.1) is 0 Å². The van der Waals surface area contributed by atoms with Crippen molar-refractivity contribution in [1.82, 2.24) is 4.90 Å². The van der Waals surface area contributed by atoms with E-state index in [1.54, 1.807) is 6.07 Å². The monoisotopic (exact) mass is 218 g/mol. The SMILES string of the molecule is NCCCN1C(=O)Cc2ccccc2C1=O. The Bertz CT molecular complexity index is 429. The molecule has 0 saturated heterocycles. The van der Waals surface area contributed by atoms with Gasteiger partial charge in [0.2, 0.25) is 5.91 Å². The van der Waals surface area contributed by atoms with E-state index in [2.05, 4.69) is 0 Å².